The van der Waals surface area contributed by atoms with E-state index < -0.39 is 16.1 Å². The first-order valence-electron chi connectivity index (χ1n) is 9.37. The Morgan fingerprint density at radius 2 is 1.73 bits per heavy atom. The van der Waals surface area contributed by atoms with E-state index >= 15 is 0 Å². The molecule has 1 saturated heterocycles. The summed E-state index contributed by atoms with van der Waals surface area (Å²) in [6, 6.07) is 11.0. The lowest BCUT2D eigenvalue weighted by molar-refractivity contribution is -0.121. The highest BCUT2D eigenvalue weighted by molar-refractivity contribution is 7.89. The van der Waals surface area contributed by atoms with Gasteiger partial charge in [-0.1, -0.05) is 35.3 Å². The van der Waals surface area contributed by atoms with Crippen LogP contribution in [0.2, 0.25) is 10.0 Å². The van der Waals surface area contributed by atoms with E-state index in [-0.39, 0.29) is 28.9 Å². The molecule has 7 nitrogen and oxygen atoms in total. The van der Waals surface area contributed by atoms with Gasteiger partial charge in [0.15, 0.2) is 0 Å². The summed E-state index contributed by atoms with van der Waals surface area (Å²) in [6.07, 6.45) is 0. The first-order valence-corrected chi connectivity index (χ1v) is 11.6. The van der Waals surface area contributed by atoms with Crippen LogP contribution in [-0.2, 0) is 14.8 Å². The van der Waals surface area contributed by atoms with Crippen LogP contribution in [0.15, 0.2) is 47.4 Å². The number of sulfonamides is 1. The molecule has 1 aliphatic rings. The monoisotopic (exact) mass is 471 g/mol. The van der Waals surface area contributed by atoms with E-state index in [0.29, 0.717) is 29.5 Å². The van der Waals surface area contributed by atoms with Gasteiger partial charge in [-0.25, -0.2) is 8.42 Å². The number of amides is 1. The number of hydrogen-bond acceptors (Lipinski definition) is 5. The van der Waals surface area contributed by atoms with Crippen molar-refractivity contribution in [3.8, 4) is 5.75 Å². The molecule has 3 rings (SSSR count). The van der Waals surface area contributed by atoms with Crippen LogP contribution in [0.4, 0.5) is 5.69 Å². The number of methoxy groups -OCH3 is 1. The summed E-state index contributed by atoms with van der Waals surface area (Å²) in [5.41, 5.74) is 0.567. The summed E-state index contributed by atoms with van der Waals surface area (Å²) in [5.74, 6) is 0.331. The number of hydrogen-bond donors (Lipinski definition) is 1. The summed E-state index contributed by atoms with van der Waals surface area (Å²) < 4.78 is 32.2. The zero-order valence-corrected chi connectivity index (χ0v) is 19.0. The molecule has 1 heterocycles. The van der Waals surface area contributed by atoms with Crippen molar-refractivity contribution in [1.29, 1.82) is 0 Å². The molecule has 2 aromatic rings. The number of halogens is 2. The minimum Gasteiger partial charge on any atom is -0.495 e. The van der Waals surface area contributed by atoms with Crippen molar-refractivity contribution in [2.45, 2.75) is 17.9 Å². The molecule has 0 bridgehead atoms. The number of benzene rings is 2. The summed E-state index contributed by atoms with van der Waals surface area (Å²) in [4.78, 5) is 14.7. The Hall–Kier alpha value is -1.84. The fraction of sp³-hybridized carbons (Fsp3) is 0.350. The molecule has 1 N–H and O–H groups in total. The van der Waals surface area contributed by atoms with Crippen molar-refractivity contribution in [3.63, 3.8) is 0 Å². The minimum absolute atomic E-state index is 0.0993. The summed E-state index contributed by atoms with van der Waals surface area (Å²) >= 11 is 12.2. The van der Waals surface area contributed by atoms with Gasteiger partial charge in [0, 0.05) is 31.9 Å². The van der Waals surface area contributed by atoms with Gasteiger partial charge in [0.25, 0.3) is 0 Å². The topological polar surface area (TPSA) is 79.0 Å². The van der Waals surface area contributed by atoms with Crippen LogP contribution in [-0.4, -0.2) is 62.9 Å². The first kappa shape index (κ1) is 22.8. The number of ether oxygens (including phenoxy) is 1. The zero-order valence-electron chi connectivity index (χ0n) is 16.6. The van der Waals surface area contributed by atoms with Crippen molar-refractivity contribution >= 4 is 44.8 Å². The molecule has 162 valence electrons. The second-order valence-corrected chi connectivity index (χ2v) is 9.61. The SMILES string of the molecule is COc1ccc(NC(=O)C(C)N2CCN(S(=O)(=O)c3ccccc3Cl)CC2)cc1Cl. The van der Waals surface area contributed by atoms with Crippen LogP contribution in [0.5, 0.6) is 5.75 Å². The number of nitrogens with zero attached hydrogens (tertiary/aromatic N) is 2. The van der Waals surface area contributed by atoms with Crippen molar-refractivity contribution in [1.82, 2.24) is 9.21 Å². The van der Waals surface area contributed by atoms with E-state index in [1.165, 1.54) is 17.5 Å². The fourth-order valence-corrected chi connectivity index (χ4v) is 5.45. The van der Waals surface area contributed by atoms with E-state index in [0.717, 1.165) is 0 Å². The lowest BCUT2D eigenvalue weighted by atomic mass is 10.2. The van der Waals surface area contributed by atoms with Gasteiger partial charge in [0.2, 0.25) is 15.9 Å². The number of carbonyl (C=O) groups excluding carboxylic acids is 1. The Kier molecular flexibility index (Phi) is 7.26. The number of anilines is 1. The molecule has 10 heteroatoms. The first-order chi connectivity index (χ1) is 14.2. The molecule has 0 radical (unpaired) electrons. The van der Waals surface area contributed by atoms with Crippen LogP contribution in [0.1, 0.15) is 6.92 Å². The molecular weight excluding hydrogens is 449 g/mol. The highest BCUT2D eigenvalue weighted by atomic mass is 35.5. The average Bonchev–Trinajstić information content (AvgIpc) is 2.73. The minimum atomic E-state index is -3.67. The highest BCUT2D eigenvalue weighted by Crippen LogP contribution is 2.28. The highest BCUT2D eigenvalue weighted by Gasteiger charge is 2.32. The lowest BCUT2D eigenvalue weighted by Crippen LogP contribution is -2.53. The van der Waals surface area contributed by atoms with Crippen molar-refractivity contribution in [2.75, 3.05) is 38.6 Å². The zero-order chi connectivity index (χ0) is 21.9. The molecule has 1 aliphatic heterocycles. The number of nitrogens with one attached hydrogen (secondary N) is 1. The fourth-order valence-electron chi connectivity index (χ4n) is 3.28. The van der Waals surface area contributed by atoms with Gasteiger partial charge in [0.05, 0.1) is 23.2 Å². The van der Waals surface area contributed by atoms with Gasteiger partial charge in [-0.15, -0.1) is 0 Å². The number of carbonyl (C=O) groups is 1. The summed E-state index contributed by atoms with van der Waals surface area (Å²) in [7, 11) is -2.15. The molecule has 0 spiro atoms. The molecule has 1 fully saturated rings. The second kappa shape index (κ2) is 9.53. The van der Waals surface area contributed by atoms with Gasteiger partial charge >= 0.3 is 0 Å². The molecule has 1 unspecified atom stereocenters. The van der Waals surface area contributed by atoms with Crippen LogP contribution in [0.3, 0.4) is 0 Å². The summed E-state index contributed by atoms with van der Waals surface area (Å²) in [6.45, 7) is 3.21. The van der Waals surface area contributed by atoms with Crippen LogP contribution in [0, 0.1) is 0 Å². The second-order valence-electron chi connectivity index (χ2n) is 6.89. The van der Waals surface area contributed by atoms with E-state index in [1.54, 1.807) is 43.3 Å². The Morgan fingerprint density at radius 3 is 2.33 bits per heavy atom. The molecule has 0 aromatic heterocycles. The molecule has 2 aromatic carbocycles. The van der Waals surface area contributed by atoms with E-state index in [4.69, 9.17) is 27.9 Å². The van der Waals surface area contributed by atoms with E-state index in [9.17, 15) is 13.2 Å². The van der Waals surface area contributed by atoms with Crippen molar-refractivity contribution in [3.05, 3.63) is 52.5 Å². The third-order valence-electron chi connectivity index (χ3n) is 5.07. The third-order valence-corrected chi connectivity index (χ3v) is 7.77. The largest absolute Gasteiger partial charge is 0.495 e. The summed E-state index contributed by atoms with van der Waals surface area (Å²) in [5, 5.41) is 3.44. The van der Waals surface area contributed by atoms with Crippen LogP contribution < -0.4 is 10.1 Å². The lowest BCUT2D eigenvalue weighted by Gasteiger charge is -2.36. The standard InChI is InChI=1S/C20H23Cl2N3O4S/c1-14(20(26)23-15-7-8-18(29-2)17(22)13-15)24-9-11-25(12-10-24)30(27,28)19-6-4-3-5-16(19)21/h3-8,13-14H,9-12H2,1-2H3,(H,23,26). The molecular formula is C20H23Cl2N3O4S. The third kappa shape index (κ3) is 4.90. The van der Waals surface area contributed by atoms with Gasteiger partial charge in [-0.2, -0.15) is 4.31 Å². The van der Waals surface area contributed by atoms with Gasteiger partial charge < -0.3 is 10.1 Å². The number of piperazine rings is 1. The van der Waals surface area contributed by atoms with Crippen LogP contribution in [0.25, 0.3) is 0 Å². The average molecular weight is 472 g/mol. The molecule has 1 atom stereocenters. The Morgan fingerprint density at radius 1 is 1.07 bits per heavy atom. The molecule has 30 heavy (non-hydrogen) atoms. The smallest absolute Gasteiger partial charge is 0.244 e. The van der Waals surface area contributed by atoms with Crippen molar-refractivity contribution < 1.29 is 17.9 Å². The van der Waals surface area contributed by atoms with Crippen LogP contribution >= 0.6 is 23.2 Å². The Balaban J connectivity index is 1.61. The normalized spacial score (nSPS) is 16.8. The molecule has 1 amide bonds. The maximum absolute atomic E-state index is 12.9. The predicted molar refractivity (Wildman–Crippen MR) is 118 cm³/mol. The maximum atomic E-state index is 12.9. The Labute approximate surface area is 186 Å². The van der Waals surface area contributed by atoms with Gasteiger partial charge in [0.1, 0.15) is 10.6 Å². The quantitative estimate of drug-likeness (QED) is 0.698. The maximum Gasteiger partial charge on any atom is 0.244 e. The van der Waals surface area contributed by atoms with E-state index in [2.05, 4.69) is 5.32 Å². The van der Waals surface area contributed by atoms with E-state index in [1.807, 2.05) is 4.90 Å². The predicted octanol–water partition coefficient (Wildman–Crippen LogP) is 3.34. The molecule has 0 saturated carbocycles. The van der Waals surface area contributed by atoms with Gasteiger partial charge in [-0.3, -0.25) is 9.69 Å². The van der Waals surface area contributed by atoms with Gasteiger partial charge in [-0.05, 0) is 37.3 Å². The Bertz CT molecular complexity index is 1020. The number of rotatable bonds is 6. The molecule has 0 aliphatic carbocycles. The van der Waals surface area contributed by atoms with Crippen molar-refractivity contribution in [2.24, 2.45) is 0 Å².